The van der Waals surface area contributed by atoms with Crippen molar-refractivity contribution in [1.29, 1.82) is 0 Å². The second kappa shape index (κ2) is 5.07. The zero-order valence-corrected chi connectivity index (χ0v) is 11.9. The van der Waals surface area contributed by atoms with Crippen molar-refractivity contribution in [3.05, 3.63) is 45.2 Å². The Bertz CT molecular complexity index is 431. The summed E-state index contributed by atoms with van der Waals surface area (Å²) in [4.78, 5) is 0.933. The van der Waals surface area contributed by atoms with Crippen molar-refractivity contribution >= 4 is 40.8 Å². The molecule has 0 heterocycles. The van der Waals surface area contributed by atoms with Crippen molar-refractivity contribution in [3.63, 3.8) is 0 Å². The van der Waals surface area contributed by atoms with Gasteiger partial charge in [0.2, 0.25) is 0 Å². The molecule has 0 fully saturated rings. The van der Waals surface area contributed by atoms with Crippen LogP contribution >= 0.6 is 35.2 Å². The molecule has 0 radical (unpaired) electrons. The maximum Gasteiger partial charge on any atom is 0.0741 e. The van der Waals surface area contributed by atoms with Crippen molar-refractivity contribution in [2.75, 3.05) is 0 Å². The van der Waals surface area contributed by atoms with Crippen LogP contribution in [0.2, 0.25) is 0 Å². The molecule has 3 heteroatoms. The monoisotopic (exact) mass is 331 g/mol. The first kappa shape index (κ1) is 12.6. The predicted molar refractivity (Wildman–Crippen MR) is 78.4 cm³/mol. The van der Waals surface area contributed by atoms with E-state index in [1.807, 2.05) is 19.1 Å². The van der Waals surface area contributed by atoms with Crippen LogP contribution in [0.4, 0.5) is 0 Å². The molecule has 0 amide bonds. The molecule has 0 aliphatic carbocycles. The van der Waals surface area contributed by atoms with Crippen molar-refractivity contribution in [1.82, 2.24) is 0 Å². The summed E-state index contributed by atoms with van der Waals surface area (Å²) in [7, 11) is 0. The van der Waals surface area contributed by atoms with E-state index in [9.17, 15) is 0 Å². The van der Waals surface area contributed by atoms with Crippen molar-refractivity contribution in [2.45, 2.75) is 18.7 Å². The molecule has 1 rings (SSSR count). The molecule has 1 aromatic carbocycles. The summed E-state index contributed by atoms with van der Waals surface area (Å²) < 4.78 is 0.770. The maximum atomic E-state index is 5.74. The van der Waals surface area contributed by atoms with Gasteiger partial charge in [-0.3, -0.25) is 0 Å². The van der Waals surface area contributed by atoms with Gasteiger partial charge in [-0.2, -0.15) is 0 Å². The molecule has 80 valence electrons. The summed E-state index contributed by atoms with van der Waals surface area (Å²) in [6, 6.07) is 6.09. The second-order valence-electron chi connectivity index (χ2n) is 3.47. The minimum Gasteiger partial charge on any atom is -0.394 e. The van der Waals surface area contributed by atoms with Gasteiger partial charge in [0.1, 0.15) is 0 Å². The van der Waals surface area contributed by atoms with E-state index in [-0.39, 0.29) is 0 Å². The number of benzene rings is 1. The quantitative estimate of drug-likeness (QED) is 0.365. The largest absolute Gasteiger partial charge is 0.394 e. The van der Waals surface area contributed by atoms with Crippen LogP contribution in [0.3, 0.4) is 0 Å². The van der Waals surface area contributed by atoms with E-state index >= 15 is 0 Å². The van der Waals surface area contributed by atoms with Gasteiger partial charge in [0.25, 0.3) is 0 Å². The van der Waals surface area contributed by atoms with Crippen LogP contribution in [-0.4, -0.2) is 0 Å². The van der Waals surface area contributed by atoms with E-state index in [4.69, 9.17) is 5.73 Å². The number of thiol groups is 1. The molecule has 0 unspecified atom stereocenters. The number of halogens is 1. The van der Waals surface area contributed by atoms with Crippen LogP contribution < -0.4 is 5.73 Å². The molecule has 0 saturated heterocycles. The van der Waals surface area contributed by atoms with Gasteiger partial charge >= 0.3 is 0 Å². The van der Waals surface area contributed by atoms with E-state index < -0.39 is 0 Å². The maximum absolute atomic E-state index is 5.74. The number of rotatable bonds is 2. The summed E-state index contributed by atoms with van der Waals surface area (Å²) in [5.41, 5.74) is 9.94. The van der Waals surface area contributed by atoms with Crippen LogP contribution in [0.15, 0.2) is 39.0 Å². The molecule has 15 heavy (non-hydrogen) atoms. The standard InChI is InChI=1S/C12H14INS/c1-7-4-5-11(15)10(6-7)8(2)9(3)12(13)14/h4-6,15H,2,14H2,1,3H3/b12-9+. The molecular formula is C12H14INS. The zero-order chi connectivity index (χ0) is 11.6. The van der Waals surface area contributed by atoms with Gasteiger partial charge in [-0.25, -0.2) is 0 Å². The molecule has 0 aromatic heterocycles. The number of aryl methyl sites for hydroxylation is 1. The molecule has 0 saturated carbocycles. The van der Waals surface area contributed by atoms with Gasteiger partial charge in [0, 0.05) is 4.90 Å². The first-order chi connectivity index (χ1) is 6.93. The van der Waals surface area contributed by atoms with Crippen molar-refractivity contribution < 1.29 is 0 Å². The van der Waals surface area contributed by atoms with Crippen molar-refractivity contribution in [2.24, 2.45) is 5.73 Å². The lowest BCUT2D eigenvalue weighted by Crippen LogP contribution is -1.96. The molecule has 2 N–H and O–H groups in total. The summed E-state index contributed by atoms with van der Waals surface area (Å²) in [5, 5.41) is 0. The first-order valence-corrected chi connectivity index (χ1v) is 6.07. The van der Waals surface area contributed by atoms with Crippen LogP contribution in [0, 0.1) is 6.92 Å². The topological polar surface area (TPSA) is 26.0 Å². The Morgan fingerprint density at radius 2 is 2.07 bits per heavy atom. The minimum absolute atomic E-state index is 0.770. The van der Waals surface area contributed by atoms with Crippen LogP contribution in [0.1, 0.15) is 18.1 Å². The fourth-order valence-corrected chi connectivity index (χ4v) is 1.84. The summed E-state index contributed by atoms with van der Waals surface area (Å²) in [5.74, 6) is 0. The van der Waals surface area contributed by atoms with E-state index in [1.165, 1.54) is 5.56 Å². The Balaban J connectivity index is 3.23. The zero-order valence-electron chi connectivity index (χ0n) is 8.84. The first-order valence-electron chi connectivity index (χ1n) is 4.54. The van der Waals surface area contributed by atoms with Crippen LogP contribution in [0.25, 0.3) is 5.57 Å². The highest BCUT2D eigenvalue weighted by Gasteiger charge is 2.07. The van der Waals surface area contributed by atoms with Gasteiger partial charge in [-0.1, -0.05) is 24.3 Å². The summed E-state index contributed by atoms with van der Waals surface area (Å²) in [6.45, 7) is 8.08. The van der Waals surface area contributed by atoms with Crippen molar-refractivity contribution in [3.8, 4) is 0 Å². The third-order valence-electron chi connectivity index (χ3n) is 2.29. The highest BCUT2D eigenvalue weighted by Crippen LogP contribution is 2.29. The average molecular weight is 331 g/mol. The van der Waals surface area contributed by atoms with Gasteiger partial charge < -0.3 is 5.73 Å². The lowest BCUT2D eigenvalue weighted by atomic mass is 10.00. The number of nitrogens with two attached hydrogens (primary N) is 1. The lowest BCUT2D eigenvalue weighted by Gasteiger charge is -2.11. The second-order valence-corrected chi connectivity index (χ2v) is 5.12. The normalized spacial score (nSPS) is 12.3. The Kier molecular flexibility index (Phi) is 4.28. The van der Waals surface area contributed by atoms with E-state index in [0.29, 0.717) is 0 Å². The van der Waals surface area contributed by atoms with E-state index in [2.05, 4.69) is 54.8 Å². The molecule has 1 aromatic rings. The van der Waals surface area contributed by atoms with Gasteiger partial charge in [0.05, 0.1) is 3.70 Å². The fraction of sp³-hybridized carbons (Fsp3) is 0.167. The Morgan fingerprint density at radius 3 is 2.60 bits per heavy atom. The fourth-order valence-electron chi connectivity index (χ4n) is 1.24. The highest BCUT2D eigenvalue weighted by molar-refractivity contribution is 14.1. The number of allylic oxidation sites excluding steroid dienone is 2. The smallest absolute Gasteiger partial charge is 0.0741 e. The molecule has 1 nitrogen and oxygen atoms in total. The number of hydrogen-bond donors (Lipinski definition) is 2. The highest BCUT2D eigenvalue weighted by atomic mass is 127. The lowest BCUT2D eigenvalue weighted by molar-refractivity contribution is 1.32. The van der Waals surface area contributed by atoms with Gasteiger partial charge in [0.15, 0.2) is 0 Å². The third-order valence-corrected chi connectivity index (χ3v) is 3.49. The molecule has 0 aliphatic heterocycles. The summed E-state index contributed by atoms with van der Waals surface area (Å²) >= 11 is 6.52. The van der Waals surface area contributed by atoms with E-state index in [0.717, 1.165) is 25.3 Å². The Morgan fingerprint density at radius 1 is 1.47 bits per heavy atom. The molecule has 0 spiro atoms. The average Bonchev–Trinajstić information content (AvgIpc) is 2.19. The Hall–Kier alpha value is -0.420. The molecule has 0 bridgehead atoms. The molecular weight excluding hydrogens is 317 g/mol. The van der Waals surface area contributed by atoms with E-state index in [1.54, 1.807) is 0 Å². The van der Waals surface area contributed by atoms with Crippen LogP contribution in [-0.2, 0) is 0 Å². The Labute approximate surface area is 110 Å². The minimum atomic E-state index is 0.770. The SMILES string of the molecule is C=C(/C(C)=C(/N)I)c1cc(C)ccc1S. The van der Waals surface area contributed by atoms with Gasteiger partial charge in [-0.05, 0) is 59.2 Å². The predicted octanol–water partition coefficient (Wildman–Crippen LogP) is 3.92. The van der Waals surface area contributed by atoms with Gasteiger partial charge in [-0.15, -0.1) is 12.6 Å². The molecule has 0 atom stereocenters. The number of hydrogen-bond acceptors (Lipinski definition) is 2. The summed E-state index contributed by atoms with van der Waals surface area (Å²) in [6.07, 6.45) is 0. The molecule has 0 aliphatic rings. The van der Waals surface area contributed by atoms with Crippen LogP contribution in [0.5, 0.6) is 0 Å². The third kappa shape index (κ3) is 3.01.